The normalized spacial score (nSPS) is 9.67. The molecule has 0 aliphatic rings. The zero-order valence-corrected chi connectivity index (χ0v) is 8.10. The van der Waals surface area contributed by atoms with E-state index in [1.54, 1.807) is 11.6 Å². The van der Waals surface area contributed by atoms with Gasteiger partial charge in [0.1, 0.15) is 12.9 Å². The number of aryl methyl sites for hydroxylation is 1. The summed E-state index contributed by atoms with van der Waals surface area (Å²) in [6, 6.07) is -0.555. The standard InChI is InChI=1S/C7H11N5O3/c1-12-4-10-11-5(12)2-8-7(15)9-3-6(13)14/h4H,2-3H2,1H3,(H,13,14)(H2,8,9,15). The average Bonchev–Trinajstić information content (AvgIpc) is 2.58. The second kappa shape index (κ2) is 4.94. The van der Waals surface area contributed by atoms with Crippen LogP contribution in [-0.2, 0) is 18.4 Å². The second-order valence-corrected chi connectivity index (χ2v) is 2.79. The van der Waals surface area contributed by atoms with Crippen LogP contribution in [-0.4, -0.2) is 38.4 Å². The van der Waals surface area contributed by atoms with Gasteiger partial charge in [-0.3, -0.25) is 4.79 Å². The van der Waals surface area contributed by atoms with Crippen molar-refractivity contribution < 1.29 is 14.7 Å². The van der Waals surface area contributed by atoms with Crippen molar-refractivity contribution in [3.63, 3.8) is 0 Å². The smallest absolute Gasteiger partial charge is 0.323 e. The van der Waals surface area contributed by atoms with Crippen LogP contribution in [0, 0.1) is 0 Å². The average molecular weight is 213 g/mol. The number of urea groups is 1. The van der Waals surface area contributed by atoms with E-state index in [1.165, 1.54) is 6.33 Å². The van der Waals surface area contributed by atoms with Gasteiger partial charge in [0.05, 0.1) is 6.54 Å². The number of nitrogens with zero attached hydrogens (tertiary/aromatic N) is 3. The molecule has 82 valence electrons. The van der Waals surface area contributed by atoms with Gasteiger partial charge in [-0.1, -0.05) is 0 Å². The summed E-state index contributed by atoms with van der Waals surface area (Å²) >= 11 is 0. The lowest BCUT2D eigenvalue weighted by atomic mass is 10.5. The molecule has 0 aliphatic carbocycles. The molecule has 1 aromatic heterocycles. The molecule has 0 radical (unpaired) electrons. The number of aromatic nitrogens is 3. The van der Waals surface area contributed by atoms with Gasteiger partial charge in [-0.2, -0.15) is 0 Å². The van der Waals surface area contributed by atoms with Gasteiger partial charge < -0.3 is 20.3 Å². The Bertz CT molecular complexity index is 361. The summed E-state index contributed by atoms with van der Waals surface area (Å²) in [5, 5.41) is 20.2. The Kier molecular flexibility index (Phi) is 3.61. The molecule has 0 unspecified atom stereocenters. The lowest BCUT2D eigenvalue weighted by Gasteiger charge is -2.04. The van der Waals surface area contributed by atoms with E-state index in [9.17, 15) is 9.59 Å². The number of carboxylic acid groups (broad SMARTS) is 1. The van der Waals surface area contributed by atoms with Crippen molar-refractivity contribution in [3.8, 4) is 0 Å². The molecule has 0 aromatic carbocycles. The Morgan fingerprint density at radius 2 is 2.27 bits per heavy atom. The number of hydrogen-bond acceptors (Lipinski definition) is 4. The number of nitrogens with one attached hydrogen (secondary N) is 2. The molecule has 0 bridgehead atoms. The fraction of sp³-hybridized carbons (Fsp3) is 0.429. The number of rotatable bonds is 4. The van der Waals surface area contributed by atoms with Gasteiger partial charge in [0.15, 0.2) is 5.82 Å². The minimum absolute atomic E-state index is 0.196. The van der Waals surface area contributed by atoms with Crippen LogP contribution in [0.1, 0.15) is 5.82 Å². The maximum Gasteiger partial charge on any atom is 0.323 e. The number of carbonyl (C=O) groups is 2. The first-order chi connectivity index (χ1) is 7.09. The fourth-order valence-corrected chi connectivity index (χ4v) is 0.845. The maximum absolute atomic E-state index is 11.0. The zero-order valence-electron chi connectivity index (χ0n) is 8.10. The summed E-state index contributed by atoms with van der Waals surface area (Å²) in [6.45, 7) is -0.216. The Hall–Kier alpha value is -2.12. The van der Waals surface area contributed by atoms with Gasteiger partial charge in [-0.15, -0.1) is 10.2 Å². The molecule has 0 spiro atoms. The summed E-state index contributed by atoms with van der Waals surface area (Å²) in [7, 11) is 1.74. The maximum atomic E-state index is 11.0. The van der Waals surface area contributed by atoms with Crippen molar-refractivity contribution in [1.29, 1.82) is 0 Å². The molecule has 1 heterocycles. The van der Waals surface area contributed by atoms with Crippen molar-refractivity contribution in [1.82, 2.24) is 25.4 Å². The highest BCUT2D eigenvalue weighted by atomic mass is 16.4. The number of amides is 2. The van der Waals surface area contributed by atoms with E-state index in [1.807, 2.05) is 0 Å². The molecule has 8 nitrogen and oxygen atoms in total. The first kappa shape index (κ1) is 11.0. The van der Waals surface area contributed by atoms with E-state index in [-0.39, 0.29) is 6.54 Å². The lowest BCUT2D eigenvalue weighted by molar-refractivity contribution is -0.135. The number of aliphatic carboxylic acids is 1. The molecule has 0 fully saturated rings. The highest BCUT2D eigenvalue weighted by molar-refractivity contribution is 5.79. The van der Waals surface area contributed by atoms with Crippen LogP contribution >= 0.6 is 0 Å². The quantitative estimate of drug-likeness (QED) is 0.575. The first-order valence-electron chi connectivity index (χ1n) is 4.16. The van der Waals surface area contributed by atoms with Crippen LogP contribution in [0.2, 0.25) is 0 Å². The molecule has 0 saturated carbocycles. The molecule has 8 heteroatoms. The number of carbonyl (C=O) groups excluding carboxylic acids is 1. The minimum atomic E-state index is -1.09. The number of hydrogen-bond donors (Lipinski definition) is 3. The Labute approximate surface area is 85.3 Å². The Balaban J connectivity index is 2.28. The van der Waals surface area contributed by atoms with E-state index in [4.69, 9.17) is 5.11 Å². The zero-order chi connectivity index (χ0) is 11.3. The first-order valence-corrected chi connectivity index (χ1v) is 4.16. The van der Waals surface area contributed by atoms with Crippen LogP contribution in [0.3, 0.4) is 0 Å². The minimum Gasteiger partial charge on any atom is -0.480 e. The molecular weight excluding hydrogens is 202 g/mol. The molecule has 1 aromatic rings. The molecule has 0 saturated heterocycles. The third kappa shape index (κ3) is 3.63. The Morgan fingerprint density at radius 1 is 1.53 bits per heavy atom. The van der Waals surface area contributed by atoms with E-state index >= 15 is 0 Å². The third-order valence-corrected chi connectivity index (χ3v) is 1.61. The van der Waals surface area contributed by atoms with E-state index in [0.717, 1.165) is 0 Å². The van der Waals surface area contributed by atoms with Crippen LogP contribution in [0.5, 0.6) is 0 Å². The molecule has 0 aliphatic heterocycles. The monoisotopic (exact) mass is 213 g/mol. The fourth-order valence-electron chi connectivity index (χ4n) is 0.845. The summed E-state index contributed by atoms with van der Waals surface area (Å²) in [6.07, 6.45) is 1.51. The summed E-state index contributed by atoms with van der Waals surface area (Å²) in [5.41, 5.74) is 0. The topological polar surface area (TPSA) is 109 Å². The van der Waals surface area contributed by atoms with Crippen molar-refractivity contribution in [3.05, 3.63) is 12.2 Å². The van der Waals surface area contributed by atoms with Gasteiger partial charge in [0.2, 0.25) is 0 Å². The summed E-state index contributed by atoms with van der Waals surface area (Å²) in [4.78, 5) is 21.1. The van der Waals surface area contributed by atoms with Gasteiger partial charge in [0, 0.05) is 7.05 Å². The van der Waals surface area contributed by atoms with Crippen molar-refractivity contribution in [2.75, 3.05) is 6.54 Å². The predicted octanol–water partition coefficient (Wildman–Crippen LogP) is -1.30. The van der Waals surface area contributed by atoms with Crippen LogP contribution in [0.4, 0.5) is 4.79 Å². The highest BCUT2D eigenvalue weighted by Crippen LogP contribution is 1.89. The van der Waals surface area contributed by atoms with Crippen LogP contribution < -0.4 is 10.6 Å². The SMILES string of the molecule is Cn1cnnc1CNC(=O)NCC(=O)O. The van der Waals surface area contributed by atoms with Crippen LogP contribution in [0.25, 0.3) is 0 Å². The van der Waals surface area contributed by atoms with Crippen molar-refractivity contribution in [2.24, 2.45) is 7.05 Å². The summed E-state index contributed by atoms with van der Waals surface area (Å²) in [5.74, 6) is -0.510. The molecule has 1 rings (SSSR count). The van der Waals surface area contributed by atoms with Gasteiger partial charge in [-0.05, 0) is 0 Å². The van der Waals surface area contributed by atoms with Gasteiger partial charge in [0.25, 0.3) is 0 Å². The predicted molar refractivity (Wildman–Crippen MR) is 48.9 cm³/mol. The Morgan fingerprint density at radius 3 is 2.80 bits per heavy atom. The lowest BCUT2D eigenvalue weighted by Crippen LogP contribution is -2.38. The second-order valence-electron chi connectivity index (χ2n) is 2.79. The van der Waals surface area contributed by atoms with Crippen LogP contribution in [0.15, 0.2) is 6.33 Å². The molecule has 0 atom stereocenters. The van der Waals surface area contributed by atoms with E-state index < -0.39 is 18.5 Å². The van der Waals surface area contributed by atoms with Crippen molar-refractivity contribution >= 4 is 12.0 Å². The largest absolute Gasteiger partial charge is 0.480 e. The van der Waals surface area contributed by atoms with Gasteiger partial charge in [-0.25, -0.2) is 4.79 Å². The van der Waals surface area contributed by atoms with E-state index in [0.29, 0.717) is 5.82 Å². The van der Waals surface area contributed by atoms with Gasteiger partial charge >= 0.3 is 12.0 Å². The molecule has 3 N–H and O–H groups in total. The van der Waals surface area contributed by atoms with E-state index in [2.05, 4.69) is 20.8 Å². The molecule has 2 amide bonds. The highest BCUT2D eigenvalue weighted by Gasteiger charge is 2.05. The molecular formula is C7H11N5O3. The third-order valence-electron chi connectivity index (χ3n) is 1.61. The molecule has 15 heavy (non-hydrogen) atoms. The van der Waals surface area contributed by atoms with Crippen molar-refractivity contribution in [2.45, 2.75) is 6.54 Å². The number of carboxylic acids is 1. The summed E-state index contributed by atoms with van der Waals surface area (Å²) < 4.78 is 1.65.